The summed E-state index contributed by atoms with van der Waals surface area (Å²) in [6.45, 7) is 10.1. The molecule has 0 aliphatic heterocycles. The van der Waals surface area contributed by atoms with Crippen molar-refractivity contribution in [2.45, 2.75) is 59.5 Å². The van der Waals surface area contributed by atoms with Crippen LogP contribution in [-0.2, 0) is 20.1 Å². The van der Waals surface area contributed by atoms with Gasteiger partial charge in [0, 0.05) is 50.1 Å². The van der Waals surface area contributed by atoms with Gasteiger partial charge in [0.15, 0.2) is 5.65 Å². The van der Waals surface area contributed by atoms with Crippen molar-refractivity contribution in [1.29, 1.82) is 0 Å². The minimum atomic E-state index is 0.0385. The number of aryl methyl sites for hydroxylation is 4. The van der Waals surface area contributed by atoms with E-state index in [4.69, 9.17) is 4.98 Å². The Hall–Kier alpha value is -2.70. The van der Waals surface area contributed by atoms with Crippen LogP contribution in [-0.4, -0.2) is 41.9 Å². The standard InChI is InChI=1S/C21H28N6O/c1-6-26(11-16-12-27(7-2)24-13(16)3)21(28)17-10-18(15-8-9-15)22-20-19(17)14(4)23-25(20)5/h10,12,15H,6-9,11H2,1-5H3. The summed E-state index contributed by atoms with van der Waals surface area (Å²) in [5.74, 6) is 0.516. The third kappa shape index (κ3) is 3.19. The molecule has 0 spiro atoms. The van der Waals surface area contributed by atoms with E-state index in [1.54, 1.807) is 4.68 Å². The van der Waals surface area contributed by atoms with Crippen molar-refractivity contribution in [3.63, 3.8) is 0 Å². The average molecular weight is 380 g/mol. The van der Waals surface area contributed by atoms with Gasteiger partial charge in [-0.15, -0.1) is 0 Å². The predicted molar refractivity (Wildman–Crippen MR) is 108 cm³/mol. The molecule has 4 rings (SSSR count). The molecular formula is C21H28N6O. The van der Waals surface area contributed by atoms with E-state index in [0.29, 0.717) is 19.0 Å². The van der Waals surface area contributed by atoms with E-state index in [2.05, 4.69) is 17.1 Å². The SMILES string of the molecule is CCN(Cc1cn(CC)nc1C)C(=O)c1cc(C2CC2)nc2c1c(C)nn2C. The number of carbonyl (C=O) groups excluding carboxylic acids is 1. The summed E-state index contributed by atoms with van der Waals surface area (Å²) < 4.78 is 3.71. The third-order valence-corrected chi connectivity index (χ3v) is 5.62. The first kappa shape index (κ1) is 18.7. The second-order valence-corrected chi connectivity index (χ2v) is 7.69. The van der Waals surface area contributed by atoms with Crippen LogP contribution in [0, 0.1) is 13.8 Å². The summed E-state index contributed by atoms with van der Waals surface area (Å²) in [6, 6.07) is 2.00. The van der Waals surface area contributed by atoms with Gasteiger partial charge in [0.05, 0.1) is 22.3 Å². The molecule has 0 saturated heterocycles. The van der Waals surface area contributed by atoms with Gasteiger partial charge in [-0.1, -0.05) is 0 Å². The highest BCUT2D eigenvalue weighted by Crippen LogP contribution is 2.40. The molecule has 3 aromatic heterocycles. The Kier molecular flexibility index (Phi) is 4.69. The number of hydrogen-bond donors (Lipinski definition) is 0. The molecule has 148 valence electrons. The molecule has 0 N–H and O–H groups in total. The fourth-order valence-corrected chi connectivity index (χ4v) is 3.80. The summed E-state index contributed by atoms with van der Waals surface area (Å²) in [4.78, 5) is 20.3. The van der Waals surface area contributed by atoms with Gasteiger partial charge in [0.1, 0.15) is 0 Å². The van der Waals surface area contributed by atoms with Crippen LogP contribution in [0.1, 0.15) is 65.6 Å². The van der Waals surface area contributed by atoms with Crippen molar-refractivity contribution in [1.82, 2.24) is 29.4 Å². The lowest BCUT2D eigenvalue weighted by molar-refractivity contribution is 0.0754. The Labute approximate surface area is 165 Å². The first-order valence-electron chi connectivity index (χ1n) is 10.1. The van der Waals surface area contributed by atoms with Gasteiger partial charge < -0.3 is 4.90 Å². The maximum atomic E-state index is 13.6. The molecule has 1 amide bonds. The molecule has 1 saturated carbocycles. The molecule has 7 heteroatoms. The third-order valence-electron chi connectivity index (χ3n) is 5.62. The van der Waals surface area contributed by atoms with Crippen LogP contribution in [0.3, 0.4) is 0 Å². The van der Waals surface area contributed by atoms with Crippen molar-refractivity contribution in [2.75, 3.05) is 6.54 Å². The molecule has 3 heterocycles. The Bertz CT molecular complexity index is 1040. The number of carbonyl (C=O) groups is 1. The zero-order valence-corrected chi connectivity index (χ0v) is 17.4. The van der Waals surface area contributed by atoms with Crippen LogP contribution in [0.15, 0.2) is 12.3 Å². The molecule has 1 aliphatic rings. The molecule has 28 heavy (non-hydrogen) atoms. The van der Waals surface area contributed by atoms with E-state index in [-0.39, 0.29) is 5.91 Å². The Morgan fingerprint density at radius 1 is 1.21 bits per heavy atom. The molecule has 0 aromatic carbocycles. The van der Waals surface area contributed by atoms with Crippen molar-refractivity contribution < 1.29 is 4.79 Å². The van der Waals surface area contributed by atoms with Gasteiger partial charge in [0.2, 0.25) is 0 Å². The minimum absolute atomic E-state index is 0.0385. The van der Waals surface area contributed by atoms with Crippen molar-refractivity contribution in [3.8, 4) is 0 Å². The average Bonchev–Trinajstić information content (AvgIpc) is 3.42. The highest BCUT2D eigenvalue weighted by Gasteiger charge is 2.29. The monoisotopic (exact) mass is 380 g/mol. The largest absolute Gasteiger partial charge is 0.334 e. The molecular weight excluding hydrogens is 352 g/mol. The van der Waals surface area contributed by atoms with Gasteiger partial charge in [-0.2, -0.15) is 10.2 Å². The van der Waals surface area contributed by atoms with Crippen molar-refractivity contribution >= 4 is 16.9 Å². The van der Waals surface area contributed by atoms with Gasteiger partial charge in [-0.3, -0.25) is 14.2 Å². The molecule has 0 radical (unpaired) electrons. The maximum absolute atomic E-state index is 13.6. The van der Waals surface area contributed by atoms with Crippen LogP contribution < -0.4 is 0 Å². The number of aromatic nitrogens is 5. The second kappa shape index (κ2) is 7.04. The van der Waals surface area contributed by atoms with Crippen LogP contribution in [0.5, 0.6) is 0 Å². The zero-order valence-electron chi connectivity index (χ0n) is 17.4. The highest BCUT2D eigenvalue weighted by molar-refractivity contribution is 6.06. The van der Waals surface area contributed by atoms with E-state index in [9.17, 15) is 4.79 Å². The molecule has 1 fully saturated rings. The fourth-order valence-electron chi connectivity index (χ4n) is 3.80. The van der Waals surface area contributed by atoms with E-state index in [1.165, 1.54) is 0 Å². The number of amides is 1. The van der Waals surface area contributed by atoms with Crippen molar-refractivity contribution in [3.05, 3.63) is 40.5 Å². The van der Waals surface area contributed by atoms with Crippen molar-refractivity contribution in [2.24, 2.45) is 7.05 Å². The van der Waals surface area contributed by atoms with E-state index in [0.717, 1.165) is 58.6 Å². The second-order valence-electron chi connectivity index (χ2n) is 7.69. The molecule has 0 unspecified atom stereocenters. The predicted octanol–water partition coefficient (Wildman–Crippen LogP) is 3.34. The minimum Gasteiger partial charge on any atom is -0.334 e. The van der Waals surface area contributed by atoms with Gasteiger partial charge in [-0.25, -0.2) is 4.98 Å². The lowest BCUT2D eigenvalue weighted by Gasteiger charge is -2.21. The molecule has 1 aliphatic carbocycles. The lowest BCUT2D eigenvalue weighted by atomic mass is 10.1. The fraction of sp³-hybridized carbons (Fsp3) is 0.524. The summed E-state index contributed by atoms with van der Waals surface area (Å²) >= 11 is 0. The quantitative estimate of drug-likeness (QED) is 0.658. The highest BCUT2D eigenvalue weighted by atomic mass is 16.2. The van der Waals surface area contributed by atoms with E-state index >= 15 is 0 Å². The first-order valence-corrected chi connectivity index (χ1v) is 10.1. The van der Waals surface area contributed by atoms with Gasteiger partial charge in [0.25, 0.3) is 5.91 Å². The number of hydrogen-bond acceptors (Lipinski definition) is 4. The first-order chi connectivity index (χ1) is 13.4. The van der Waals surface area contributed by atoms with E-state index in [1.807, 2.05) is 49.7 Å². The van der Waals surface area contributed by atoms with E-state index < -0.39 is 0 Å². The summed E-state index contributed by atoms with van der Waals surface area (Å²) in [5, 5.41) is 9.91. The van der Waals surface area contributed by atoms with Crippen LogP contribution in [0.25, 0.3) is 11.0 Å². The Morgan fingerprint density at radius 2 is 1.96 bits per heavy atom. The lowest BCUT2D eigenvalue weighted by Crippen LogP contribution is -2.30. The number of nitrogens with zero attached hydrogens (tertiary/aromatic N) is 6. The van der Waals surface area contributed by atoms with Gasteiger partial charge >= 0.3 is 0 Å². The summed E-state index contributed by atoms with van der Waals surface area (Å²) in [6.07, 6.45) is 4.34. The maximum Gasteiger partial charge on any atom is 0.255 e. The Balaban J connectivity index is 1.74. The number of pyridine rings is 1. The molecule has 0 bridgehead atoms. The molecule has 3 aromatic rings. The normalized spacial score (nSPS) is 14.0. The zero-order chi connectivity index (χ0) is 20.0. The molecule has 0 atom stereocenters. The molecule has 7 nitrogen and oxygen atoms in total. The summed E-state index contributed by atoms with van der Waals surface area (Å²) in [7, 11) is 1.90. The number of rotatable bonds is 6. The van der Waals surface area contributed by atoms with Crippen LogP contribution >= 0.6 is 0 Å². The van der Waals surface area contributed by atoms with Crippen LogP contribution in [0.4, 0.5) is 0 Å². The Morgan fingerprint density at radius 3 is 2.57 bits per heavy atom. The number of fused-ring (bicyclic) bond motifs is 1. The van der Waals surface area contributed by atoms with Gasteiger partial charge in [-0.05, 0) is 46.6 Å². The summed E-state index contributed by atoms with van der Waals surface area (Å²) in [5.41, 5.74) is 5.46. The van der Waals surface area contributed by atoms with Crippen LogP contribution in [0.2, 0.25) is 0 Å². The topological polar surface area (TPSA) is 68.8 Å². The smallest absolute Gasteiger partial charge is 0.255 e.